The minimum absolute atomic E-state index is 0.0150. The number of ether oxygens (including phenoxy) is 1. The quantitative estimate of drug-likeness (QED) is 0.434. The Morgan fingerprint density at radius 2 is 1.92 bits per heavy atom. The van der Waals surface area contributed by atoms with Gasteiger partial charge >= 0.3 is 6.36 Å². The summed E-state index contributed by atoms with van der Waals surface area (Å²) in [5.74, 6) is -1.48. The van der Waals surface area contributed by atoms with Gasteiger partial charge in [0, 0.05) is 37.1 Å². The lowest BCUT2D eigenvalue weighted by molar-refractivity contribution is -0.274. The van der Waals surface area contributed by atoms with E-state index in [9.17, 15) is 22.8 Å². The van der Waals surface area contributed by atoms with Crippen molar-refractivity contribution < 1.29 is 27.5 Å². The van der Waals surface area contributed by atoms with E-state index in [2.05, 4.69) is 30.1 Å². The van der Waals surface area contributed by atoms with Crippen LogP contribution >= 0.6 is 22.7 Å². The van der Waals surface area contributed by atoms with Crippen LogP contribution in [0.4, 0.5) is 18.9 Å². The molecule has 1 aliphatic rings. The molecule has 192 valence electrons. The predicted octanol–water partition coefficient (Wildman–Crippen LogP) is 3.48. The number of ketones is 1. The number of rotatable bonds is 8. The maximum Gasteiger partial charge on any atom is 0.573 e. The van der Waals surface area contributed by atoms with E-state index >= 15 is 0 Å². The van der Waals surface area contributed by atoms with Crippen LogP contribution in [0.25, 0.3) is 10.7 Å². The van der Waals surface area contributed by atoms with Crippen molar-refractivity contribution in [2.24, 2.45) is 0 Å². The van der Waals surface area contributed by atoms with Crippen LogP contribution in [-0.2, 0) is 11.2 Å². The molecule has 0 atom stereocenters. The zero-order valence-electron chi connectivity index (χ0n) is 19.5. The van der Waals surface area contributed by atoms with Gasteiger partial charge in [0.25, 0.3) is 0 Å². The lowest BCUT2D eigenvalue weighted by atomic mass is 10.1. The molecule has 3 aromatic rings. The molecule has 36 heavy (non-hydrogen) atoms. The van der Waals surface area contributed by atoms with Gasteiger partial charge in [0.15, 0.2) is 16.5 Å². The maximum atomic E-state index is 12.9. The molecule has 1 saturated heterocycles. The third-order valence-electron chi connectivity index (χ3n) is 5.38. The topological polar surface area (TPSA) is 101 Å². The van der Waals surface area contributed by atoms with Crippen molar-refractivity contribution in [3.8, 4) is 16.5 Å². The van der Waals surface area contributed by atoms with E-state index < -0.39 is 18.0 Å². The number of hydrogen-bond acceptors (Lipinski definition) is 10. The summed E-state index contributed by atoms with van der Waals surface area (Å²) >= 11 is 2.69. The first-order chi connectivity index (χ1) is 17.1. The monoisotopic (exact) mass is 540 g/mol. The Balaban J connectivity index is 1.48. The summed E-state index contributed by atoms with van der Waals surface area (Å²) in [5.41, 5.74) is 0.557. The van der Waals surface area contributed by atoms with Crippen LogP contribution in [0.3, 0.4) is 0 Å². The van der Waals surface area contributed by atoms with Crippen LogP contribution < -0.4 is 10.1 Å². The molecule has 1 amide bonds. The van der Waals surface area contributed by atoms with Gasteiger partial charge in [-0.15, -0.1) is 34.7 Å². The van der Waals surface area contributed by atoms with Gasteiger partial charge in [-0.05, 0) is 32.2 Å². The number of aromatic nitrogens is 3. The van der Waals surface area contributed by atoms with Gasteiger partial charge < -0.3 is 15.0 Å². The van der Waals surface area contributed by atoms with Crippen LogP contribution in [0.1, 0.15) is 20.4 Å². The van der Waals surface area contributed by atoms with Crippen molar-refractivity contribution in [3.05, 3.63) is 39.2 Å². The maximum absolute atomic E-state index is 12.9. The molecule has 4 rings (SSSR count). The Morgan fingerprint density at radius 3 is 2.58 bits per heavy atom. The number of halogens is 3. The van der Waals surface area contributed by atoms with Gasteiger partial charge in [-0.3, -0.25) is 14.5 Å². The Kier molecular flexibility index (Phi) is 7.97. The number of aryl methyl sites for hydroxylation is 1. The minimum atomic E-state index is -4.96. The zero-order valence-corrected chi connectivity index (χ0v) is 21.1. The lowest BCUT2D eigenvalue weighted by Crippen LogP contribution is -2.47. The van der Waals surface area contributed by atoms with Crippen molar-refractivity contribution in [3.63, 3.8) is 0 Å². The van der Waals surface area contributed by atoms with Crippen LogP contribution in [0, 0.1) is 6.92 Å². The Bertz CT molecular complexity index is 1240. The van der Waals surface area contributed by atoms with Crippen LogP contribution in [0.15, 0.2) is 23.6 Å². The van der Waals surface area contributed by atoms with E-state index in [4.69, 9.17) is 0 Å². The molecule has 0 radical (unpaired) electrons. The summed E-state index contributed by atoms with van der Waals surface area (Å²) in [4.78, 5) is 33.8. The standard InChI is InChI=1S/C22H23F3N6O3S2/c1-13-26-16(12-35-13)21-29-28-20(36-21)10-17(32)14-3-4-18(34-22(23,24)25)15(9-14)27-19(33)11-31-7-5-30(2)6-8-31/h3-4,9,12H,5-8,10-11H2,1-2H3,(H,27,33). The molecule has 0 saturated carbocycles. The third kappa shape index (κ3) is 7.06. The highest BCUT2D eigenvalue weighted by Gasteiger charge is 2.33. The molecular weight excluding hydrogens is 517 g/mol. The fourth-order valence-corrected chi connectivity index (χ4v) is 5.01. The van der Waals surface area contributed by atoms with Crippen molar-refractivity contribution >= 4 is 40.1 Å². The van der Waals surface area contributed by atoms with E-state index in [1.165, 1.54) is 34.8 Å². The Labute approximate surface area is 212 Å². The molecule has 9 nitrogen and oxygen atoms in total. The summed E-state index contributed by atoms with van der Waals surface area (Å²) in [5, 5.41) is 14.3. The first kappa shape index (κ1) is 26.1. The van der Waals surface area contributed by atoms with Gasteiger partial charge in [0.1, 0.15) is 10.7 Å². The van der Waals surface area contributed by atoms with Crippen molar-refractivity contribution in [2.75, 3.05) is 45.1 Å². The number of amides is 1. The van der Waals surface area contributed by atoms with E-state index in [1.54, 1.807) is 0 Å². The number of carbonyl (C=O) groups excluding carboxylic acids is 2. The predicted molar refractivity (Wildman–Crippen MR) is 129 cm³/mol. The minimum Gasteiger partial charge on any atom is -0.404 e. The third-order valence-corrected chi connectivity index (χ3v) is 7.10. The number of nitrogens with one attached hydrogen (secondary N) is 1. The molecule has 1 fully saturated rings. The van der Waals surface area contributed by atoms with Gasteiger partial charge in [0.2, 0.25) is 5.91 Å². The average Bonchev–Trinajstić information content (AvgIpc) is 3.44. The number of thiazole rings is 1. The highest BCUT2D eigenvalue weighted by atomic mass is 32.1. The number of likely N-dealkylation sites (N-methyl/N-ethyl adjacent to an activating group) is 1. The lowest BCUT2D eigenvalue weighted by Gasteiger charge is -2.31. The summed E-state index contributed by atoms with van der Waals surface area (Å²) in [6.07, 6.45) is -5.06. The molecule has 2 aromatic heterocycles. The van der Waals surface area contributed by atoms with Crippen molar-refractivity contribution in [2.45, 2.75) is 19.7 Å². The van der Waals surface area contributed by atoms with Crippen molar-refractivity contribution in [1.29, 1.82) is 0 Å². The molecule has 0 spiro atoms. The molecule has 1 N–H and O–H groups in total. The van der Waals surface area contributed by atoms with Gasteiger partial charge in [-0.25, -0.2) is 4.98 Å². The number of carbonyl (C=O) groups is 2. The number of piperazine rings is 1. The van der Waals surface area contributed by atoms with E-state index in [-0.39, 0.29) is 30.0 Å². The molecule has 0 aliphatic carbocycles. The first-order valence-electron chi connectivity index (χ1n) is 10.9. The number of alkyl halides is 3. The summed E-state index contributed by atoms with van der Waals surface area (Å²) in [7, 11) is 1.98. The van der Waals surface area contributed by atoms with Crippen LogP contribution in [0.2, 0.25) is 0 Å². The van der Waals surface area contributed by atoms with Crippen molar-refractivity contribution in [1.82, 2.24) is 25.0 Å². The molecule has 14 heteroatoms. The molecule has 0 bridgehead atoms. The Morgan fingerprint density at radius 1 is 1.17 bits per heavy atom. The van der Waals surface area contributed by atoms with Gasteiger partial charge in [-0.2, -0.15) is 0 Å². The number of benzene rings is 1. The number of hydrogen-bond donors (Lipinski definition) is 1. The SMILES string of the molecule is Cc1nc(-c2nnc(CC(=O)c3ccc(OC(F)(F)F)c(NC(=O)CN4CCN(C)CC4)c3)s2)cs1. The second-order valence-corrected chi connectivity index (χ2v) is 10.4. The fraction of sp³-hybridized carbons (Fsp3) is 0.409. The number of Topliss-reactive ketones (excluding diaryl/α,β-unsaturated/α-hetero) is 1. The normalized spacial score (nSPS) is 15.1. The highest BCUT2D eigenvalue weighted by Crippen LogP contribution is 2.32. The zero-order chi connectivity index (χ0) is 25.9. The van der Waals surface area contributed by atoms with Crippen LogP contribution in [0.5, 0.6) is 5.75 Å². The van der Waals surface area contributed by atoms with E-state index in [0.717, 1.165) is 24.2 Å². The largest absolute Gasteiger partial charge is 0.573 e. The number of anilines is 1. The van der Waals surface area contributed by atoms with Crippen LogP contribution in [-0.4, -0.2) is 82.8 Å². The van der Waals surface area contributed by atoms with E-state index in [1.807, 2.05) is 24.3 Å². The highest BCUT2D eigenvalue weighted by molar-refractivity contribution is 7.15. The Hall–Kier alpha value is -2.94. The first-order valence-corrected chi connectivity index (χ1v) is 12.6. The van der Waals surface area contributed by atoms with E-state index in [0.29, 0.717) is 28.8 Å². The average molecular weight is 541 g/mol. The number of nitrogens with zero attached hydrogens (tertiary/aromatic N) is 5. The summed E-state index contributed by atoms with van der Waals surface area (Å²) < 4.78 is 42.8. The molecule has 1 aromatic carbocycles. The fourth-order valence-electron chi connectivity index (χ4n) is 3.54. The summed E-state index contributed by atoms with van der Waals surface area (Å²) in [6.45, 7) is 4.79. The molecule has 3 heterocycles. The van der Waals surface area contributed by atoms with Gasteiger partial charge in [-0.1, -0.05) is 11.3 Å². The summed E-state index contributed by atoms with van der Waals surface area (Å²) in [6, 6.07) is 3.44. The molecule has 1 aliphatic heterocycles. The van der Waals surface area contributed by atoms with Gasteiger partial charge in [0.05, 0.1) is 23.7 Å². The second kappa shape index (κ2) is 11.0. The molecule has 0 unspecified atom stereocenters. The molecular formula is C22H23F3N6O3S2. The smallest absolute Gasteiger partial charge is 0.404 e. The second-order valence-electron chi connectivity index (χ2n) is 8.24.